The molecule has 25 heavy (non-hydrogen) atoms. The maximum absolute atomic E-state index is 12.0. The maximum atomic E-state index is 12.0. The van der Waals surface area contributed by atoms with Crippen LogP contribution in [0, 0.1) is 0 Å². The molecule has 0 radical (unpaired) electrons. The number of allylic oxidation sites excluding steroid dienone is 1. The Bertz CT molecular complexity index is 787. The molecule has 2 aromatic rings. The minimum atomic E-state index is 0.0339. The molecule has 1 amide bonds. The van der Waals surface area contributed by atoms with Crippen LogP contribution >= 0.6 is 23.4 Å². The SMILES string of the molecule is CCn1c(CN2NC(C)=CCC2=O)nnc1SCc1ccc(Cl)cc1. The van der Waals surface area contributed by atoms with Gasteiger partial charge in [-0.2, -0.15) is 0 Å². The first-order valence-corrected chi connectivity index (χ1v) is 9.46. The van der Waals surface area contributed by atoms with Crippen molar-refractivity contribution in [3.63, 3.8) is 0 Å². The molecule has 0 unspecified atom stereocenters. The zero-order valence-corrected chi connectivity index (χ0v) is 15.8. The summed E-state index contributed by atoms with van der Waals surface area (Å²) in [4.78, 5) is 12.0. The molecule has 8 heteroatoms. The summed E-state index contributed by atoms with van der Waals surface area (Å²) in [5.41, 5.74) is 5.23. The molecule has 1 aliphatic rings. The first-order valence-electron chi connectivity index (χ1n) is 8.10. The Morgan fingerprint density at radius 2 is 2.04 bits per heavy atom. The third kappa shape index (κ3) is 4.35. The molecular formula is C17H20ClN5OS. The fourth-order valence-electron chi connectivity index (χ4n) is 2.53. The minimum Gasteiger partial charge on any atom is -0.305 e. The summed E-state index contributed by atoms with van der Waals surface area (Å²) in [6.07, 6.45) is 2.30. The molecule has 1 N–H and O–H groups in total. The third-order valence-electron chi connectivity index (χ3n) is 3.89. The van der Waals surface area contributed by atoms with Crippen molar-refractivity contribution in [3.05, 3.63) is 52.4 Å². The molecule has 2 heterocycles. The first kappa shape index (κ1) is 17.8. The molecule has 3 rings (SSSR count). The van der Waals surface area contributed by atoms with E-state index in [4.69, 9.17) is 11.6 Å². The van der Waals surface area contributed by atoms with Gasteiger partial charge in [0, 0.05) is 29.4 Å². The van der Waals surface area contributed by atoms with E-state index in [1.54, 1.807) is 16.8 Å². The highest BCUT2D eigenvalue weighted by molar-refractivity contribution is 7.98. The molecule has 1 aliphatic heterocycles. The van der Waals surface area contributed by atoms with Crippen LogP contribution in [-0.4, -0.2) is 25.7 Å². The van der Waals surface area contributed by atoms with E-state index >= 15 is 0 Å². The van der Waals surface area contributed by atoms with Gasteiger partial charge in [-0.1, -0.05) is 41.6 Å². The second kappa shape index (κ2) is 7.93. The molecule has 0 spiro atoms. The van der Waals surface area contributed by atoms with Gasteiger partial charge in [-0.05, 0) is 31.5 Å². The monoisotopic (exact) mass is 377 g/mol. The summed E-state index contributed by atoms with van der Waals surface area (Å²) >= 11 is 7.55. The van der Waals surface area contributed by atoms with Gasteiger partial charge in [0.2, 0.25) is 5.91 Å². The van der Waals surface area contributed by atoms with Crippen molar-refractivity contribution >= 4 is 29.3 Å². The lowest BCUT2D eigenvalue weighted by molar-refractivity contribution is -0.134. The van der Waals surface area contributed by atoms with Gasteiger partial charge in [0.1, 0.15) is 6.54 Å². The molecule has 0 saturated heterocycles. The summed E-state index contributed by atoms with van der Waals surface area (Å²) in [5, 5.41) is 11.8. The Hall–Kier alpha value is -1.99. The topological polar surface area (TPSA) is 63.0 Å². The Labute approximate surface area is 156 Å². The van der Waals surface area contributed by atoms with Crippen molar-refractivity contribution in [2.45, 2.75) is 44.3 Å². The van der Waals surface area contributed by atoms with E-state index in [1.807, 2.05) is 41.8 Å². The Kier molecular flexibility index (Phi) is 5.65. The van der Waals surface area contributed by atoms with Crippen molar-refractivity contribution in [1.82, 2.24) is 25.2 Å². The molecule has 0 aliphatic carbocycles. The third-order valence-corrected chi connectivity index (χ3v) is 5.18. The fraction of sp³-hybridized carbons (Fsp3) is 0.353. The van der Waals surface area contributed by atoms with Crippen LogP contribution in [-0.2, 0) is 23.6 Å². The van der Waals surface area contributed by atoms with Gasteiger partial charge in [-0.15, -0.1) is 10.2 Å². The van der Waals surface area contributed by atoms with Crippen molar-refractivity contribution in [2.75, 3.05) is 0 Å². The number of carbonyl (C=O) groups is 1. The van der Waals surface area contributed by atoms with E-state index in [0.717, 1.165) is 34.0 Å². The fourth-order valence-corrected chi connectivity index (χ4v) is 3.63. The lowest BCUT2D eigenvalue weighted by atomic mass is 10.2. The van der Waals surface area contributed by atoms with E-state index in [2.05, 4.69) is 22.5 Å². The Morgan fingerprint density at radius 1 is 1.28 bits per heavy atom. The molecule has 1 aromatic carbocycles. The number of nitrogens with zero attached hydrogens (tertiary/aromatic N) is 4. The van der Waals surface area contributed by atoms with Crippen LogP contribution in [0.2, 0.25) is 5.02 Å². The Balaban J connectivity index is 1.69. The van der Waals surface area contributed by atoms with E-state index in [0.29, 0.717) is 13.0 Å². The van der Waals surface area contributed by atoms with Crippen molar-refractivity contribution in [2.24, 2.45) is 0 Å². The lowest BCUT2D eigenvalue weighted by Crippen LogP contribution is -2.44. The highest BCUT2D eigenvalue weighted by atomic mass is 35.5. The van der Waals surface area contributed by atoms with E-state index in [9.17, 15) is 4.79 Å². The summed E-state index contributed by atoms with van der Waals surface area (Å²) in [6.45, 7) is 5.14. The minimum absolute atomic E-state index is 0.0339. The summed E-state index contributed by atoms with van der Waals surface area (Å²) in [6, 6.07) is 7.79. The van der Waals surface area contributed by atoms with Gasteiger partial charge in [-0.3, -0.25) is 4.79 Å². The molecule has 0 bridgehead atoms. The number of aromatic nitrogens is 3. The number of amides is 1. The number of rotatable bonds is 6. The molecule has 0 fully saturated rings. The average molecular weight is 378 g/mol. The van der Waals surface area contributed by atoms with Gasteiger partial charge < -0.3 is 9.99 Å². The quantitative estimate of drug-likeness (QED) is 0.782. The average Bonchev–Trinajstić information content (AvgIpc) is 2.99. The number of thioether (sulfide) groups is 1. The molecule has 1 aromatic heterocycles. The molecule has 0 atom stereocenters. The molecular weight excluding hydrogens is 358 g/mol. The normalized spacial score (nSPS) is 14.4. The highest BCUT2D eigenvalue weighted by Crippen LogP contribution is 2.23. The van der Waals surface area contributed by atoms with Gasteiger partial charge in [0.05, 0.1) is 0 Å². The largest absolute Gasteiger partial charge is 0.305 e. The smallest absolute Gasteiger partial charge is 0.245 e. The van der Waals surface area contributed by atoms with E-state index in [1.165, 1.54) is 5.56 Å². The predicted molar refractivity (Wildman–Crippen MR) is 98.8 cm³/mol. The number of halogens is 1. The second-order valence-corrected chi connectivity index (χ2v) is 7.12. The van der Waals surface area contributed by atoms with Crippen molar-refractivity contribution < 1.29 is 4.79 Å². The van der Waals surface area contributed by atoms with Gasteiger partial charge >= 0.3 is 0 Å². The van der Waals surface area contributed by atoms with Gasteiger partial charge in [0.25, 0.3) is 0 Å². The van der Waals surface area contributed by atoms with E-state index in [-0.39, 0.29) is 5.91 Å². The summed E-state index contributed by atoms with van der Waals surface area (Å²) < 4.78 is 2.04. The zero-order valence-electron chi connectivity index (χ0n) is 14.2. The standard InChI is InChI=1S/C17H20ClN5OS/c1-3-22-15(10-23-16(24)9-4-12(2)21-23)19-20-17(22)25-11-13-5-7-14(18)8-6-13/h4-8,21H,3,9-11H2,1-2H3. The highest BCUT2D eigenvalue weighted by Gasteiger charge is 2.21. The van der Waals surface area contributed by atoms with Crippen LogP contribution in [0.15, 0.2) is 41.2 Å². The maximum Gasteiger partial charge on any atom is 0.245 e. The number of nitrogens with one attached hydrogen (secondary N) is 1. The summed E-state index contributed by atoms with van der Waals surface area (Å²) in [7, 11) is 0. The van der Waals surface area contributed by atoms with Crippen LogP contribution in [0.1, 0.15) is 31.7 Å². The lowest BCUT2D eigenvalue weighted by Gasteiger charge is -2.27. The van der Waals surface area contributed by atoms with Crippen LogP contribution < -0.4 is 5.43 Å². The first-order chi connectivity index (χ1) is 12.1. The number of hydrogen-bond acceptors (Lipinski definition) is 5. The second-order valence-electron chi connectivity index (χ2n) is 5.74. The van der Waals surface area contributed by atoms with E-state index < -0.39 is 0 Å². The van der Waals surface area contributed by atoms with Crippen LogP contribution in [0.5, 0.6) is 0 Å². The van der Waals surface area contributed by atoms with Gasteiger partial charge in [-0.25, -0.2) is 5.01 Å². The number of carbonyl (C=O) groups excluding carboxylic acids is 1. The number of hydrogen-bond donors (Lipinski definition) is 1. The molecule has 6 nitrogen and oxygen atoms in total. The van der Waals surface area contributed by atoms with Crippen molar-refractivity contribution in [3.8, 4) is 0 Å². The van der Waals surface area contributed by atoms with Crippen LogP contribution in [0.3, 0.4) is 0 Å². The number of hydrazine groups is 1. The summed E-state index contributed by atoms with van der Waals surface area (Å²) in [5.74, 6) is 1.60. The molecule has 132 valence electrons. The van der Waals surface area contributed by atoms with Crippen LogP contribution in [0.25, 0.3) is 0 Å². The van der Waals surface area contributed by atoms with Gasteiger partial charge in [0.15, 0.2) is 11.0 Å². The Morgan fingerprint density at radius 3 is 2.76 bits per heavy atom. The zero-order chi connectivity index (χ0) is 17.8. The molecule has 0 saturated carbocycles. The van der Waals surface area contributed by atoms with Crippen molar-refractivity contribution in [1.29, 1.82) is 0 Å². The predicted octanol–water partition coefficient (Wildman–Crippen LogP) is 3.38. The number of benzene rings is 1. The van der Waals surface area contributed by atoms with Crippen LogP contribution in [0.4, 0.5) is 0 Å².